The van der Waals surface area contributed by atoms with E-state index in [0.29, 0.717) is 12.4 Å². The molecule has 0 radical (unpaired) electrons. The van der Waals surface area contributed by atoms with E-state index in [9.17, 15) is 4.79 Å². The minimum Gasteiger partial charge on any atom is -0.493 e. The lowest BCUT2D eigenvalue weighted by molar-refractivity contribution is 0.121. The van der Waals surface area contributed by atoms with Crippen LogP contribution in [-0.4, -0.2) is 19.9 Å². The maximum absolute atomic E-state index is 10.9. The van der Waals surface area contributed by atoms with Gasteiger partial charge in [0.2, 0.25) is 0 Å². The number of benzene rings is 1. The molecule has 4 nitrogen and oxygen atoms in total. The van der Waals surface area contributed by atoms with Crippen molar-refractivity contribution >= 4 is 6.16 Å². The average Bonchev–Trinajstić information content (AvgIpc) is 2.29. The number of aryl methyl sites for hydroxylation is 1. The summed E-state index contributed by atoms with van der Waals surface area (Å²) in [6.07, 6.45) is 1.32. The van der Waals surface area contributed by atoms with E-state index in [1.807, 2.05) is 6.07 Å². The Kier molecular flexibility index (Phi) is 2.76. The fourth-order valence-corrected chi connectivity index (χ4v) is 1.52. The monoisotopic (exact) mass is 208 g/mol. The zero-order valence-electron chi connectivity index (χ0n) is 8.49. The Labute approximate surface area is 87.8 Å². The Bertz CT molecular complexity index is 373. The second-order valence-corrected chi connectivity index (χ2v) is 3.28. The summed E-state index contributed by atoms with van der Waals surface area (Å²) in [6, 6.07) is 5.36. The number of hydrogen-bond acceptors (Lipinski definition) is 4. The molecule has 0 saturated carbocycles. The summed E-state index contributed by atoms with van der Waals surface area (Å²) in [5, 5.41) is 0. The highest BCUT2D eigenvalue weighted by Crippen LogP contribution is 2.29. The van der Waals surface area contributed by atoms with Gasteiger partial charge in [-0.25, -0.2) is 4.79 Å². The molecule has 0 fully saturated rings. The van der Waals surface area contributed by atoms with Gasteiger partial charge in [-0.3, -0.25) is 0 Å². The van der Waals surface area contributed by atoms with Crippen molar-refractivity contribution in [1.82, 2.24) is 0 Å². The normalized spacial score (nSPS) is 13.7. The van der Waals surface area contributed by atoms with Crippen LogP contribution in [-0.2, 0) is 11.2 Å². The lowest BCUT2D eigenvalue weighted by Gasteiger charge is -2.17. The topological polar surface area (TPSA) is 44.8 Å². The molecule has 1 aromatic carbocycles. The number of fused-ring (bicyclic) bond motifs is 1. The third-order valence-electron chi connectivity index (χ3n) is 2.25. The molecule has 1 heterocycles. The number of carbonyl (C=O) groups excluding carboxylic acids is 1. The van der Waals surface area contributed by atoms with Crippen molar-refractivity contribution in [2.75, 3.05) is 13.7 Å². The maximum atomic E-state index is 10.9. The van der Waals surface area contributed by atoms with Gasteiger partial charge in [-0.2, -0.15) is 0 Å². The molecule has 15 heavy (non-hydrogen) atoms. The van der Waals surface area contributed by atoms with Gasteiger partial charge in [0.25, 0.3) is 0 Å². The summed E-state index contributed by atoms with van der Waals surface area (Å²) in [7, 11) is 1.28. The second kappa shape index (κ2) is 4.21. The molecule has 0 spiro atoms. The molecular formula is C11H12O4. The van der Waals surface area contributed by atoms with E-state index in [1.54, 1.807) is 12.1 Å². The van der Waals surface area contributed by atoms with Gasteiger partial charge in [0.1, 0.15) is 11.5 Å². The van der Waals surface area contributed by atoms with Gasteiger partial charge in [-0.05, 0) is 24.5 Å². The largest absolute Gasteiger partial charge is 0.513 e. The van der Waals surface area contributed by atoms with E-state index in [1.165, 1.54) is 7.11 Å². The molecule has 1 aromatic rings. The first kappa shape index (κ1) is 9.83. The summed E-state index contributed by atoms with van der Waals surface area (Å²) in [6.45, 7) is 0.717. The minimum atomic E-state index is -0.717. The van der Waals surface area contributed by atoms with Crippen molar-refractivity contribution < 1.29 is 19.0 Å². The van der Waals surface area contributed by atoms with Crippen molar-refractivity contribution in [3.8, 4) is 11.5 Å². The van der Waals surface area contributed by atoms with Crippen molar-refractivity contribution in [2.45, 2.75) is 12.8 Å². The summed E-state index contributed by atoms with van der Waals surface area (Å²) in [4.78, 5) is 10.9. The zero-order valence-corrected chi connectivity index (χ0v) is 8.49. The standard InChI is InChI=1S/C11H12O4/c1-13-11(12)15-9-5-4-8-3-2-6-14-10(8)7-9/h4-5,7H,2-3,6H2,1H3. The molecule has 0 atom stereocenters. The molecule has 0 aliphatic carbocycles. The van der Waals surface area contributed by atoms with E-state index in [4.69, 9.17) is 9.47 Å². The van der Waals surface area contributed by atoms with Crippen molar-refractivity contribution in [1.29, 1.82) is 0 Å². The first-order valence-electron chi connectivity index (χ1n) is 4.81. The third-order valence-corrected chi connectivity index (χ3v) is 2.25. The van der Waals surface area contributed by atoms with E-state index in [0.717, 1.165) is 24.2 Å². The molecule has 1 aliphatic heterocycles. The van der Waals surface area contributed by atoms with Gasteiger partial charge >= 0.3 is 6.16 Å². The minimum absolute atomic E-state index is 0.447. The quantitative estimate of drug-likeness (QED) is 0.524. The van der Waals surface area contributed by atoms with Crippen LogP contribution in [0.2, 0.25) is 0 Å². The molecule has 2 rings (SSSR count). The van der Waals surface area contributed by atoms with Crippen LogP contribution in [0.3, 0.4) is 0 Å². The SMILES string of the molecule is COC(=O)Oc1ccc2c(c1)OCCC2. The Balaban J connectivity index is 2.17. The van der Waals surface area contributed by atoms with Gasteiger partial charge in [0, 0.05) is 6.07 Å². The van der Waals surface area contributed by atoms with Crippen LogP contribution in [0.5, 0.6) is 11.5 Å². The number of ether oxygens (including phenoxy) is 3. The van der Waals surface area contributed by atoms with Crippen LogP contribution in [0.1, 0.15) is 12.0 Å². The number of methoxy groups -OCH3 is 1. The Morgan fingerprint density at radius 3 is 3.13 bits per heavy atom. The highest BCUT2D eigenvalue weighted by molar-refractivity contribution is 5.64. The summed E-state index contributed by atoms with van der Waals surface area (Å²) >= 11 is 0. The van der Waals surface area contributed by atoms with Crippen LogP contribution in [0.4, 0.5) is 4.79 Å². The van der Waals surface area contributed by atoms with Crippen LogP contribution < -0.4 is 9.47 Å². The van der Waals surface area contributed by atoms with Crippen molar-refractivity contribution in [3.63, 3.8) is 0 Å². The number of hydrogen-bond donors (Lipinski definition) is 0. The molecule has 1 aliphatic rings. The Morgan fingerprint density at radius 2 is 2.33 bits per heavy atom. The summed E-state index contributed by atoms with van der Waals surface area (Å²) in [5.74, 6) is 1.24. The van der Waals surface area contributed by atoms with Crippen LogP contribution in [0.25, 0.3) is 0 Å². The van der Waals surface area contributed by atoms with Crippen molar-refractivity contribution in [3.05, 3.63) is 23.8 Å². The van der Waals surface area contributed by atoms with Gasteiger partial charge in [-0.1, -0.05) is 6.07 Å². The molecule has 0 unspecified atom stereocenters. The van der Waals surface area contributed by atoms with Gasteiger partial charge in [-0.15, -0.1) is 0 Å². The van der Waals surface area contributed by atoms with E-state index >= 15 is 0 Å². The maximum Gasteiger partial charge on any atom is 0.513 e. The highest BCUT2D eigenvalue weighted by Gasteiger charge is 2.12. The lowest BCUT2D eigenvalue weighted by atomic mass is 10.1. The fraction of sp³-hybridized carbons (Fsp3) is 0.364. The average molecular weight is 208 g/mol. The van der Waals surface area contributed by atoms with Gasteiger partial charge in [0.05, 0.1) is 13.7 Å². The molecule has 80 valence electrons. The molecule has 0 amide bonds. The predicted molar refractivity (Wildman–Crippen MR) is 53.3 cm³/mol. The van der Waals surface area contributed by atoms with Crippen LogP contribution in [0, 0.1) is 0 Å². The molecular weight excluding hydrogens is 196 g/mol. The lowest BCUT2D eigenvalue weighted by Crippen LogP contribution is -2.10. The zero-order chi connectivity index (χ0) is 10.7. The third kappa shape index (κ3) is 2.21. The van der Waals surface area contributed by atoms with Crippen LogP contribution >= 0.6 is 0 Å². The molecule has 0 bridgehead atoms. The number of carbonyl (C=O) groups is 1. The van der Waals surface area contributed by atoms with Crippen molar-refractivity contribution in [2.24, 2.45) is 0 Å². The first-order valence-corrected chi connectivity index (χ1v) is 4.81. The smallest absolute Gasteiger partial charge is 0.493 e. The first-order chi connectivity index (χ1) is 7.29. The molecule has 4 heteroatoms. The Hall–Kier alpha value is -1.71. The van der Waals surface area contributed by atoms with E-state index in [-0.39, 0.29) is 0 Å². The Morgan fingerprint density at radius 1 is 1.47 bits per heavy atom. The highest BCUT2D eigenvalue weighted by atomic mass is 16.7. The number of rotatable bonds is 1. The van der Waals surface area contributed by atoms with E-state index in [2.05, 4.69) is 4.74 Å². The molecule has 0 aromatic heterocycles. The second-order valence-electron chi connectivity index (χ2n) is 3.28. The summed E-state index contributed by atoms with van der Waals surface area (Å²) < 4.78 is 14.7. The van der Waals surface area contributed by atoms with Crippen LogP contribution in [0.15, 0.2) is 18.2 Å². The summed E-state index contributed by atoms with van der Waals surface area (Å²) in [5.41, 5.74) is 1.15. The molecule has 0 N–H and O–H groups in total. The van der Waals surface area contributed by atoms with E-state index < -0.39 is 6.16 Å². The van der Waals surface area contributed by atoms with Gasteiger partial charge < -0.3 is 14.2 Å². The predicted octanol–water partition coefficient (Wildman–Crippen LogP) is 2.16. The van der Waals surface area contributed by atoms with Gasteiger partial charge in [0.15, 0.2) is 0 Å². The fourth-order valence-electron chi connectivity index (χ4n) is 1.52. The molecule has 0 saturated heterocycles.